The van der Waals surface area contributed by atoms with E-state index < -0.39 is 12.3 Å². The SMILES string of the molecule is COc1ccc(C(=O)N=c2scc(-c3ccc(OC(F)(F)F)cc3)n2CCCNCC(=O)NCCN(C)C)c(OC)c1. The van der Waals surface area contributed by atoms with Crippen molar-refractivity contribution in [3.05, 3.63) is 58.2 Å². The van der Waals surface area contributed by atoms with Crippen molar-refractivity contribution in [1.29, 1.82) is 0 Å². The minimum absolute atomic E-state index is 0.114. The van der Waals surface area contributed by atoms with E-state index >= 15 is 0 Å². The molecule has 0 spiro atoms. The Hall–Kier alpha value is -3.88. The summed E-state index contributed by atoms with van der Waals surface area (Å²) >= 11 is 1.22. The predicted octanol–water partition coefficient (Wildman–Crippen LogP) is 3.53. The molecule has 0 aliphatic heterocycles. The lowest BCUT2D eigenvalue weighted by Gasteiger charge is -2.12. The maximum atomic E-state index is 13.2. The molecule has 1 heterocycles. The fourth-order valence-electron chi connectivity index (χ4n) is 3.86. The monoisotopic (exact) mass is 609 g/mol. The molecule has 0 atom stereocenters. The van der Waals surface area contributed by atoms with Gasteiger partial charge in [0.2, 0.25) is 5.91 Å². The second-order valence-electron chi connectivity index (χ2n) is 9.29. The van der Waals surface area contributed by atoms with Gasteiger partial charge in [-0.3, -0.25) is 9.59 Å². The lowest BCUT2D eigenvalue weighted by Crippen LogP contribution is -2.37. The first-order valence-electron chi connectivity index (χ1n) is 13.0. The van der Waals surface area contributed by atoms with Crippen LogP contribution in [0.4, 0.5) is 13.2 Å². The van der Waals surface area contributed by atoms with Gasteiger partial charge in [0.15, 0.2) is 4.80 Å². The van der Waals surface area contributed by atoms with Gasteiger partial charge in [0.05, 0.1) is 32.0 Å². The number of thiazole rings is 1. The van der Waals surface area contributed by atoms with Gasteiger partial charge in [-0.1, -0.05) is 0 Å². The highest BCUT2D eigenvalue weighted by atomic mass is 32.1. The molecule has 14 heteroatoms. The van der Waals surface area contributed by atoms with E-state index in [0.717, 1.165) is 6.54 Å². The maximum Gasteiger partial charge on any atom is 0.573 e. The number of aromatic nitrogens is 1. The van der Waals surface area contributed by atoms with E-state index in [4.69, 9.17) is 9.47 Å². The molecule has 3 rings (SSSR count). The van der Waals surface area contributed by atoms with Crippen LogP contribution in [0.2, 0.25) is 0 Å². The summed E-state index contributed by atoms with van der Waals surface area (Å²) in [7, 11) is 6.79. The van der Waals surface area contributed by atoms with Gasteiger partial charge in [-0.05, 0) is 69.0 Å². The standard InChI is InChI=1S/C28H34F3N5O5S/c1-35(2)15-13-33-25(37)17-32-12-5-14-36-23(19-6-8-20(9-7-19)41-28(29,30)31)18-42-27(36)34-26(38)22-11-10-21(39-3)16-24(22)40-4/h6-11,16,18,32H,5,12-15,17H2,1-4H3,(H,33,37). The molecule has 0 bridgehead atoms. The summed E-state index contributed by atoms with van der Waals surface area (Å²) in [6, 6.07) is 10.3. The summed E-state index contributed by atoms with van der Waals surface area (Å²) in [5, 5.41) is 7.71. The van der Waals surface area contributed by atoms with E-state index in [0.29, 0.717) is 53.6 Å². The van der Waals surface area contributed by atoms with Crippen LogP contribution in [0.15, 0.2) is 52.8 Å². The van der Waals surface area contributed by atoms with Crippen LogP contribution in [0.1, 0.15) is 16.8 Å². The van der Waals surface area contributed by atoms with Crippen LogP contribution in [-0.4, -0.2) is 82.1 Å². The third-order valence-electron chi connectivity index (χ3n) is 5.92. The molecule has 42 heavy (non-hydrogen) atoms. The summed E-state index contributed by atoms with van der Waals surface area (Å²) in [6.45, 7) is 2.36. The van der Waals surface area contributed by atoms with Crippen LogP contribution in [0.5, 0.6) is 17.2 Å². The van der Waals surface area contributed by atoms with Crippen molar-refractivity contribution in [2.24, 2.45) is 4.99 Å². The number of carbonyl (C=O) groups is 2. The van der Waals surface area contributed by atoms with Crippen molar-refractivity contribution >= 4 is 23.2 Å². The first-order valence-corrected chi connectivity index (χ1v) is 13.9. The predicted molar refractivity (Wildman–Crippen MR) is 153 cm³/mol. The number of amides is 2. The first-order chi connectivity index (χ1) is 20.0. The highest BCUT2D eigenvalue weighted by molar-refractivity contribution is 7.07. The van der Waals surface area contributed by atoms with Gasteiger partial charge in [0, 0.05) is 31.1 Å². The minimum Gasteiger partial charge on any atom is -0.497 e. The van der Waals surface area contributed by atoms with Crippen molar-refractivity contribution in [2.75, 3.05) is 54.5 Å². The van der Waals surface area contributed by atoms with Crippen LogP contribution < -0.4 is 29.6 Å². The Morgan fingerprint density at radius 1 is 1.02 bits per heavy atom. The summed E-state index contributed by atoms with van der Waals surface area (Å²) in [5.74, 6) is -0.157. The minimum atomic E-state index is -4.80. The molecular formula is C28H34F3N5O5S. The van der Waals surface area contributed by atoms with Crippen molar-refractivity contribution in [3.8, 4) is 28.5 Å². The number of likely N-dealkylation sites (N-methyl/N-ethyl adjacent to an activating group) is 1. The van der Waals surface area contributed by atoms with Gasteiger partial charge in [-0.2, -0.15) is 4.99 Å². The Balaban J connectivity index is 1.81. The first kappa shape index (κ1) is 32.6. The number of methoxy groups -OCH3 is 2. The number of ether oxygens (including phenoxy) is 3. The molecule has 0 aliphatic carbocycles. The van der Waals surface area contributed by atoms with Gasteiger partial charge < -0.3 is 34.3 Å². The largest absolute Gasteiger partial charge is 0.573 e. The molecule has 2 N–H and O–H groups in total. The number of nitrogens with one attached hydrogen (secondary N) is 2. The van der Waals surface area contributed by atoms with E-state index in [9.17, 15) is 22.8 Å². The molecule has 3 aromatic rings. The molecule has 0 radical (unpaired) electrons. The van der Waals surface area contributed by atoms with Crippen LogP contribution in [0, 0.1) is 0 Å². The lowest BCUT2D eigenvalue weighted by molar-refractivity contribution is -0.274. The number of halogens is 3. The zero-order valence-corrected chi connectivity index (χ0v) is 24.6. The molecule has 10 nitrogen and oxygen atoms in total. The Morgan fingerprint density at radius 3 is 2.38 bits per heavy atom. The number of benzene rings is 2. The van der Waals surface area contributed by atoms with Gasteiger partial charge >= 0.3 is 6.36 Å². The van der Waals surface area contributed by atoms with E-state index in [1.807, 2.05) is 23.6 Å². The number of alkyl halides is 3. The number of hydrogen-bond donors (Lipinski definition) is 2. The van der Waals surface area contributed by atoms with Crippen molar-refractivity contribution in [2.45, 2.75) is 19.3 Å². The van der Waals surface area contributed by atoms with Crippen molar-refractivity contribution in [1.82, 2.24) is 20.1 Å². The Labute approximate surface area is 245 Å². The third kappa shape index (κ3) is 9.89. The van der Waals surface area contributed by atoms with E-state index in [-0.39, 0.29) is 23.8 Å². The quantitative estimate of drug-likeness (QED) is 0.270. The van der Waals surface area contributed by atoms with Gasteiger partial charge in [-0.15, -0.1) is 24.5 Å². The zero-order chi connectivity index (χ0) is 30.7. The second-order valence-corrected chi connectivity index (χ2v) is 10.1. The van der Waals surface area contributed by atoms with Crippen molar-refractivity contribution in [3.63, 3.8) is 0 Å². The summed E-state index contributed by atoms with van der Waals surface area (Å²) in [4.78, 5) is 31.9. The van der Waals surface area contributed by atoms with Crippen LogP contribution in [0.25, 0.3) is 11.3 Å². The van der Waals surface area contributed by atoms with Gasteiger partial charge in [0.1, 0.15) is 17.2 Å². The Kier molecular flexibility index (Phi) is 11.9. The lowest BCUT2D eigenvalue weighted by atomic mass is 10.1. The average molecular weight is 610 g/mol. The normalized spacial score (nSPS) is 12.0. The molecule has 1 aromatic heterocycles. The number of rotatable bonds is 14. The van der Waals surface area contributed by atoms with Crippen LogP contribution in [0.3, 0.4) is 0 Å². The number of carbonyl (C=O) groups excluding carboxylic acids is 2. The molecular weight excluding hydrogens is 575 g/mol. The van der Waals surface area contributed by atoms with Crippen molar-refractivity contribution < 1.29 is 37.0 Å². The zero-order valence-electron chi connectivity index (χ0n) is 23.8. The summed E-state index contributed by atoms with van der Waals surface area (Å²) in [6.07, 6.45) is -4.22. The molecule has 0 saturated heterocycles. The smallest absolute Gasteiger partial charge is 0.497 e. The molecule has 0 fully saturated rings. The molecule has 2 amide bonds. The number of hydrogen-bond acceptors (Lipinski definition) is 8. The van der Waals surface area contributed by atoms with Crippen LogP contribution >= 0.6 is 11.3 Å². The summed E-state index contributed by atoms with van der Waals surface area (Å²) in [5.41, 5.74) is 1.52. The maximum absolute atomic E-state index is 13.2. The molecule has 0 aliphatic rings. The molecule has 228 valence electrons. The van der Waals surface area contributed by atoms with Crippen LogP contribution in [-0.2, 0) is 11.3 Å². The fraction of sp³-hybridized carbons (Fsp3) is 0.393. The topological polar surface area (TPSA) is 106 Å². The fourth-order valence-corrected chi connectivity index (χ4v) is 4.79. The van der Waals surface area contributed by atoms with Gasteiger partial charge in [-0.25, -0.2) is 0 Å². The molecule has 2 aromatic carbocycles. The highest BCUT2D eigenvalue weighted by Crippen LogP contribution is 2.28. The summed E-state index contributed by atoms with van der Waals surface area (Å²) < 4.78 is 54.2. The molecule has 0 saturated carbocycles. The van der Waals surface area contributed by atoms with E-state index in [2.05, 4.69) is 20.4 Å². The Bertz CT molecular complexity index is 1400. The Morgan fingerprint density at radius 2 is 1.74 bits per heavy atom. The van der Waals surface area contributed by atoms with E-state index in [1.165, 1.54) is 49.8 Å². The highest BCUT2D eigenvalue weighted by Gasteiger charge is 2.31. The average Bonchev–Trinajstić information content (AvgIpc) is 3.33. The third-order valence-corrected chi connectivity index (χ3v) is 6.78. The second kappa shape index (κ2) is 15.4. The van der Waals surface area contributed by atoms with Gasteiger partial charge in [0.25, 0.3) is 5.91 Å². The molecule has 0 unspecified atom stereocenters. The number of nitrogens with zero attached hydrogens (tertiary/aromatic N) is 3. The van der Waals surface area contributed by atoms with E-state index in [1.54, 1.807) is 23.6 Å².